The van der Waals surface area contributed by atoms with Crippen LogP contribution in [-0.2, 0) is 4.79 Å². The lowest BCUT2D eigenvalue weighted by molar-refractivity contribution is -0.123. The molecule has 0 unspecified atom stereocenters. The van der Waals surface area contributed by atoms with Gasteiger partial charge in [0.05, 0.1) is 6.04 Å². The van der Waals surface area contributed by atoms with Crippen molar-refractivity contribution < 1.29 is 4.79 Å². The molecule has 1 aromatic rings. The molecule has 1 aromatic carbocycles. The smallest absolute Gasteiger partial charge is 0.222 e. The van der Waals surface area contributed by atoms with E-state index in [0.29, 0.717) is 11.4 Å². The van der Waals surface area contributed by atoms with E-state index < -0.39 is 0 Å². The fourth-order valence-electron chi connectivity index (χ4n) is 2.90. The van der Waals surface area contributed by atoms with Gasteiger partial charge in [0, 0.05) is 17.0 Å². The van der Waals surface area contributed by atoms with E-state index in [0.717, 1.165) is 31.2 Å². The molecule has 4 heteroatoms. The van der Waals surface area contributed by atoms with Gasteiger partial charge >= 0.3 is 0 Å². The topological polar surface area (TPSA) is 55.1 Å². The van der Waals surface area contributed by atoms with Crippen LogP contribution in [0.25, 0.3) is 0 Å². The summed E-state index contributed by atoms with van der Waals surface area (Å²) < 4.78 is 0. The van der Waals surface area contributed by atoms with Crippen molar-refractivity contribution in [1.82, 2.24) is 5.32 Å². The van der Waals surface area contributed by atoms with Crippen LogP contribution in [0.4, 0.5) is 0 Å². The van der Waals surface area contributed by atoms with Gasteiger partial charge in [0.1, 0.15) is 0 Å². The van der Waals surface area contributed by atoms with Gasteiger partial charge in [-0.25, -0.2) is 0 Å². The summed E-state index contributed by atoms with van der Waals surface area (Å²) in [5, 5.41) is 3.70. The summed E-state index contributed by atoms with van der Waals surface area (Å²) in [6.07, 6.45) is 5.82. The zero-order valence-electron chi connectivity index (χ0n) is 12.0. The quantitative estimate of drug-likeness (QED) is 0.892. The van der Waals surface area contributed by atoms with Gasteiger partial charge in [-0.1, -0.05) is 43.0 Å². The minimum atomic E-state index is -0.309. The molecule has 0 spiro atoms. The molecule has 0 saturated heterocycles. The average molecular weight is 295 g/mol. The van der Waals surface area contributed by atoms with Crippen molar-refractivity contribution in [2.24, 2.45) is 5.73 Å². The van der Waals surface area contributed by atoms with Gasteiger partial charge in [-0.3, -0.25) is 4.79 Å². The molecule has 1 amide bonds. The summed E-state index contributed by atoms with van der Waals surface area (Å²) in [5.41, 5.74) is 7.02. The number of hydrogen-bond acceptors (Lipinski definition) is 2. The van der Waals surface area contributed by atoms with Gasteiger partial charge in [0.25, 0.3) is 0 Å². The zero-order valence-corrected chi connectivity index (χ0v) is 12.7. The summed E-state index contributed by atoms with van der Waals surface area (Å²) in [6, 6.07) is 7.52. The number of benzene rings is 1. The Kier molecular flexibility index (Phi) is 5.06. The Bertz CT molecular complexity index is 469. The standard InChI is InChI=1S/C16H23ClN2O/c1-12(13-6-5-7-14(17)10-13)19-15(20)11-16(18)8-3-2-4-9-16/h5-7,10,12H,2-4,8-9,11,18H2,1H3,(H,19,20)/t12-/m0/s1. The molecular formula is C16H23ClN2O. The Balaban J connectivity index is 1.90. The Morgan fingerprint density at radius 1 is 1.40 bits per heavy atom. The van der Waals surface area contributed by atoms with Crippen molar-refractivity contribution in [3.63, 3.8) is 0 Å². The predicted octanol–water partition coefficient (Wildman–Crippen LogP) is 3.57. The molecule has 0 bridgehead atoms. The lowest BCUT2D eigenvalue weighted by atomic mass is 9.80. The summed E-state index contributed by atoms with van der Waals surface area (Å²) in [6.45, 7) is 1.97. The highest BCUT2D eigenvalue weighted by Gasteiger charge is 2.30. The molecule has 0 aromatic heterocycles. The minimum absolute atomic E-state index is 0.0295. The maximum atomic E-state index is 12.2. The third-order valence-corrected chi connectivity index (χ3v) is 4.32. The van der Waals surface area contributed by atoms with E-state index in [-0.39, 0.29) is 17.5 Å². The summed E-state index contributed by atoms with van der Waals surface area (Å²) in [7, 11) is 0. The molecule has 110 valence electrons. The molecule has 1 fully saturated rings. The molecule has 0 radical (unpaired) electrons. The first kappa shape index (κ1) is 15.3. The second-order valence-corrected chi connectivity index (χ2v) is 6.38. The molecular weight excluding hydrogens is 272 g/mol. The Morgan fingerprint density at radius 3 is 2.75 bits per heavy atom. The van der Waals surface area contributed by atoms with Crippen LogP contribution in [0.2, 0.25) is 5.02 Å². The molecule has 1 aliphatic rings. The number of carbonyl (C=O) groups is 1. The third-order valence-electron chi connectivity index (χ3n) is 4.09. The van der Waals surface area contributed by atoms with E-state index in [1.807, 2.05) is 31.2 Å². The largest absolute Gasteiger partial charge is 0.350 e. The van der Waals surface area contributed by atoms with Gasteiger partial charge in [0.2, 0.25) is 5.91 Å². The molecule has 0 heterocycles. The fraction of sp³-hybridized carbons (Fsp3) is 0.562. The normalized spacial score (nSPS) is 19.4. The number of nitrogens with one attached hydrogen (secondary N) is 1. The van der Waals surface area contributed by atoms with Crippen molar-refractivity contribution in [3.8, 4) is 0 Å². The molecule has 20 heavy (non-hydrogen) atoms. The van der Waals surface area contributed by atoms with E-state index in [4.69, 9.17) is 17.3 Å². The third kappa shape index (κ3) is 4.22. The van der Waals surface area contributed by atoms with Crippen molar-refractivity contribution in [1.29, 1.82) is 0 Å². The second kappa shape index (κ2) is 6.59. The van der Waals surface area contributed by atoms with Crippen molar-refractivity contribution in [2.45, 2.75) is 57.0 Å². The lowest BCUT2D eigenvalue weighted by Gasteiger charge is -2.33. The van der Waals surface area contributed by atoms with Gasteiger partial charge in [-0.05, 0) is 37.5 Å². The number of halogens is 1. The molecule has 1 aliphatic carbocycles. The average Bonchev–Trinajstić information content (AvgIpc) is 2.38. The van der Waals surface area contributed by atoms with Gasteiger partial charge in [-0.2, -0.15) is 0 Å². The molecule has 1 atom stereocenters. The number of nitrogens with two attached hydrogens (primary N) is 1. The van der Waals surface area contributed by atoms with E-state index >= 15 is 0 Å². The molecule has 0 aliphatic heterocycles. The summed E-state index contributed by atoms with van der Waals surface area (Å²) in [4.78, 5) is 12.2. The maximum absolute atomic E-state index is 12.2. The van der Waals surface area contributed by atoms with Crippen LogP contribution in [-0.4, -0.2) is 11.4 Å². The molecule has 3 nitrogen and oxygen atoms in total. The highest BCUT2D eigenvalue weighted by atomic mass is 35.5. The first-order valence-electron chi connectivity index (χ1n) is 7.32. The highest BCUT2D eigenvalue weighted by Crippen LogP contribution is 2.29. The zero-order chi connectivity index (χ0) is 14.6. The van der Waals surface area contributed by atoms with E-state index in [1.165, 1.54) is 6.42 Å². The second-order valence-electron chi connectivity index (χ2n) is 5.94. The SMILES string of the molecule is C[C@H](NC(=O)CC1(N)CCCCC1)c1cccc(Cl)c1. The Morgan fingerprint density at radius 2 is 2.10 bits per heavy atom. The first-order chi connectivity index (χ1) is 9.48. The minimum Gasteiger partial charge on any atom is -0.350 e. The monoisotopic (exact) mass is 294 g/mol. The highest BCUT2D eigenvalue weighted by molar-refractivity contribution is 6.30. The van der Waals surface area contributed by atoms with Gasteiger partial charge in [0.15, 0.2) is 0 Å². The number of hydrogen-bond donors (Lipinski definition) is 2. The van der Waals surface area contributed by atoms with Crippen molar-refractivity contribution >= 4 is 17.5 Å². The van der Waals surface area contributed by atoms with Crippen LogP contribution in [0.3, 0.4) is 0 Å². The maximum Gasteiger partial charge on any atom is 0.222 e. The van der Waals surface area contributed by atoms with E-state index in [9.17, 15) is 4.79 Å². The van der Waals surface area contributed by atoms with E-state index in [1.54, 1.807) is 0 Å². The molecule has 2 rings (SSSR count). The lowest BCUT2D eigenvalue weighted by Crippen LogP contribution is -2.46. The van der Waals surface area contributed by atoms with Crippen LogP contribution in [0, 0.1) is 0 Å². The van der Waals surface area contributed by atoms with Crippen LogP contribution in [0.1, 0.15) is 57.1 Å². The van der Waals surface area contributed by atoms with Crippen molar-refractivity contribution in [2.75, 3.05) is 0 Å². The molecule has 3 N–H and O–H groups in total. The summed E-state index contributed by atoms with van der Waals surface area (Å²) in [5.74, 6) is 0.0295. The van der Waals surface area contributed by atoms with Crippen LogP contribution in [0.15, 0.2) is 24.3 Å². The number of carbonyl (C=O) groups excluding carboxylic acids is 1. The van der Waals surface area contributed by atoms with Crippen LogP contribution < -0.4 is 11.1 Å². The van der Waals surface area contributed by atoms with Gasteiger partial charge in [-0.15, -0.1) is 0 Å². The fourth-order valence-corrected chi connectivity index (χ4v) is 3.10. The first-order valence-corrected chi connectivity index (χ1v) is 7.70. The Labute approximate surface area is 125 Å². The predicted molar refractivity (Wildman–Crippen MR) is 82.6 cm³/mol. The van der Waals surface area contributed by atoms with Crippen molar-refractivity contribution in [3.05, 3.63) is 34.9 Å². The van der Waals surface area contributed by atoms with E-state index in [2.05, 4.69) is 5.32 Å². The van der Waals surface area contributed by atoms with Crippen LogP contribution in [0.5, 0.6) is 0 Å². The number of amides is 1. The number of rotatable bonds is 4. The molecule has 1 saturated carbocycles. The van der Waals surface area contributed by atoms with Crippen LogP contribution >= 0.6 is 11.6 Å². The Hall–Kier alpha value is -1.06. The summed E-state index contributed by atoms with van der Waals surface area (Å²) >= 11 is 5.97. The van der Waals surface area contributed by atoms with Gasteiger partial charge < -0.3 is 11.1 Å².